The lowest BCUT2D eigenvalue weighted by Crippen LogP contribution is -2.43. The molecule has 1 aliphatic rings. The summed E-state index contributed by atoms with van der Waals surface area (Å²) in [6.45, 7) is 1.79. The van der Waals surface area contributed by atoms with Crippen molar-refractivity contribution >= 4 is 11.6 Å². The van der Waals surface area contributed by atoms with Crippen LogP contribution >= 0.6 is 11.6 Å². The van der Waals surface area contributed by atoms with Gasteiger partial charge < -0.3 is 14.8 Å². The zero-order valence-corrected chi connectivity index (χ0v) is 13.0. The number of nitrogens with one attached hydrogen (secondary N) is 1. The van der Waals surface area contributed by atoms with E-state index in [1.165, 1.54) is 24.3 Å². The Morgan fingerprint density at radius 3 is 2.78 bits per heavy atom. The molecule has 3 nitrogen and oxygen atoms in total. The minimum atomic E-state index is -0.630. The molecule has 2 atom stereocenters. The molecule has 0 bridgehead atoms. The van der Waals surface area contributed by atoms with E-state index >= 15 is 0 Å². The van der Waals surface area contributed by atoms with Gasteiger partial charge in [0, 0.05) is 18.1 Å². The lowest BCUT2D eigenvalue weighted by Gasteiger charge is -2.31. The predicted octanol–water partition coefficient (Wildman–Crippen LogP) is 3.73. The Morgan fingerprint density at radius 1 is 1.22 bits per heavy atom. The van der Waals surface area contributed by atoms with Crippen LogP contribution in [0.2, 0.25) is 5.02 Å². The Morgan fingerprint density at radius 2 is 2.09 bits per heavy atom. The average molecular weight is 340 g/mol. The number of ether oxygens (including phenoxy) is 2. The molecule has 122 valence electrons. The van der Waals surface area contributed by atoms with Gasteiger partial charge in [0.2, 0.25) is 0 Å². The molecule has 1 heterocycles. The van der Waals surface area contributed by atoms with Crippen LogP contribution in [-0.2, 0) is 4.74 Å². The SMILES string of the molecule is Fc1cccc(C(Oc2ccc(Cl)cc2F)[C@@H]2CNCCO2)c1. The van der Waals surface area contributed by atoms with Crippen LogP contribution in [0.25, 0.3) is 0 Å². The van der Waals surface area contributed by atoms with Gasteiger partial charge in [-0.25, -0.2) is 8.78 Å². The fourth-order valence-corrected chi connectivity index (χ4v) is 2.69. The molecule has 6 heteroatoms. The van der Waals surface area contributed by atoms with E-state index in [1.807, 2.05) is 0 Å². The van der Waals surface area contributed by atoms with Crippen LogP contribution in [0.1, 0.15) is 11.7 Å². The first-order chi connectivity index (χ1) is 11.1. The second kappa shape index (κ2) is 7.25. The Hall–Kier alpha value is -1.69. The number of hydrogen-bond donors (Lipinski definition) is 1. The maximum absolute atomic E-state index is 14.0. The molecule has 0 saturated carbocycles. The van der Waals surface area contributed by atoms with E-state index in [4.69, 9.17) is 21.1 Å². The third kappa shape index (κ3) is 3.99. The van der Waals surface area contributed by atoms with Crippen molar-refractivity contribution in [1.29, 1.82) is 0 Å². The van der Waals surface area contributed by atoms with Crippen LogP contribution in [-0.4, -0.2) is 25.8 Å². The maximum Gasteiger partial charge on any atom is 0.166 e. The number of benzene rings is 2. The summed E-state index contributed by atoms with van der Waals surface area (Å²) >= 11 is 5.76. The van der Waals surface area contributed by atoms with Gasteiger partial charge in [-0.1, -0.05) is 23.7 Å². The summed E-state index contributed by atoms with van der Waals surface area (Å²) in [6, 6.07) is 10.2. The highest BCUT2D eigenvalue weighted by Gasteiger charge is 2.29. The first kappa shape index (κ1) is 16.2. The van der Waals surface area contributed by atoms with Crippen LogP contribution in [0.3, 0.4) is 0 Å². The zero-order chi connectivity index (χ0) is 16.2. The van der Waals surface area contributed by atoms with Crippen molar-refractivity contribution in [2.45, 2.75) is 12.2 Å². The molecule has 0 spiro atoms. The molecular formula is C17H16ClF2NO2. The van der Waals surface area contributed by atoms with E-state index in [9.17, 15) is 8.78 Å². The van der Waals surface area contributed by atoms with E-state index in [-0.39, 0.29) is 22.7 Å². The van der Waals surface area contributed by atoms with Crippen LogP contribution in [0, 0.1) is 11.6 Å². The van der Waals surface area contributed by atoms with Gasteiger partial charge in [-0.05, 0) is 35.9 Å². The van der Waals surface area contributed by atoms with E-state index in [1.54, 1.807) is 18.2 Å². The summed E-state index contributed by atoms with van der Waals surface area (Å²) in [6.07, 6.45) is -0.977. The standard InChI is InChI=1S/C17H16ClF2NO2/c18-12-4-5-15(14(20)9-12)23-17(16-10-21-6-7-22-16)11-2-1-3-13(19)8-11/h1-5,8-9,16-17,21H,6-7,10H2/t16-,17?/m0/s1. The normalized spacial score (nSPS) is 19.3. The lowest BCUT2D eigenvalue weighted by molar-refractivity contribution is -0.0443. The molecule has 1 saturated heterocycles. The summed E-state index contributed by atoms with van der Waals surface area (Å²) in [7, 11) is 0. The molecule has 0 aliphatic carbocycles. The summed E-state index contributed by atoms with van der Waals surface area (Å²) in [4.78, 5) is 0. The maximum atomic E-state index is 14.0. The van der Waals surface area contributed by atoms with Gasteiger partial charge in [0.15, 0.2) is 17.7 Å². The fourth-order valence-electron chi connectivity index (χ4n) is 2.53. The van der Waals surface area contributed by atoms with Gasteiger partial charge >= 0.3 is 0 Å². The van der Waals surface area contributed by atoms with Gasteiger partial charge in [-0.2, -0.15) is 0 Å². The van der Waals surface area contributed by atoms with Gasteiger partial charge in [-0.3, -0.25) is 0 Å². The fraction of sp³-hybridized carbons (Fsp3) is 0.294. The van der Waals surface area contributed by atoms with E-state index in [0.29, 0.717) is 18.7 Å². The average Bonchev–Trinajstić information content (AvgIpc) is 2.55. The minimum absolute atomic E-state index is 0.0536. The first-order valence-electron chi connectivity index (χ1n) is 7.33. The summed E-state index contributed by atoms with van der Waals surface area (Å²) < 4.78 is 39.1. The highest BCUT2D eigenvalue weighted by atomic mass is 35.5. The number of hydrogen-bond acceptors (Lipinski definition) is 3. The molecule has 0 radical (unpaired) electrons. The molecule has 0 amide bonds. The number of rotatable bonds is 4. The quantitative estimate of drug-likeness (QED) is 0.920. The van der Waals surface area contributed by atoms with Crippen LogP contribution in [0.4, 0.5) is 8.78 Å². The predicted molar refractivity (Wildman–Crippen MR) is 83.8 cm³/mol. The molecule has 2 aromatic carbocycles. The van der Waals surface area contributed by atoms with E-state index in [2.05, 4.69) is 5.32 Å². The van der Waals surface area contributed by atoms with Crippen molar-refractivity contribution in [3.63, 3.8) is 0 Å². The van der Waals surface area contributed by atoms with Crippen molar-refractivity contribution in [3.05, 3.63) is 64.7 Å². The van der Waals surface area contributed by atoms with E-state index < -0.39 is 11.9 Å². The molecule has 1 N–H and O–H groups in total. The summed E-state index contributed by atoms with van der Waals surface area (Å²) in [5, 5.41) is 3.48. The molecule has 1 unspecified atom stereocenters. The van der Waals surface area contributed by atoms with Crippen molar-refractivity contribution in [2.24, 2.45) is 0 Å². The van der Waals surface area contributed by atoms with Gasteiger partial charge in [0.25, 0.3) is 0 Å². The molecule has 2 aromatic rings. The third-order valence-corrected chi connectivity index (χ3v) is 3.85. The van der Waals surface area contributed by atoms with Crippen LogP contribution < -0.4 is 10.1 Å². The first-order valence-corrected chi connectivity index (χ1v) is 7.71. The second-order valence-corrected chi connectivity index (χ2v) is 5.72. The number of morpholine rings is 1. The van der Waals surface area contributed by atoms with Crippen molar-refractivity contribution < 1.29 is 18.3 Å². The molecule has 1 fully saturated rings. The second-order valence-electron chi connectivity index (χ2n) is 5.28. The Kier molecular flexibility index (Phi) is 5.10. The summed E-state index contributed by atoms with van der Waals surface area (Å²) in [5.41, 5.74) is 0.591. The van der Waals surface area contributed by atoms with Crippen molar-refractivity contribution in [1.82, 2.24) is 5.32 Å². The van der Waals surface area contributed by atoms with Gasteiger partial charge in [0.05, 0.1) is 6.61 Å². The molecule has 3 rings (SSSR count). The van der Waals surface area contributed by atoms with Crippen LogP contribution in [0.5, 0.6) is 5.75 Å². The third-order valence-electron chi connectivity index (χ3n) is 3.62. The Labute approximate surface area is 138 Å². The Bertz CT molecular complexity index is 677. The number of halogens is 3. The lowest BCUT2D eigenvalue weighted by atomic mass is 10.0. The zero-order valence-electron chi connectivity index (χ0n) is 12.3. The van der Waals surface area contributed by atoms with Crippen LogP contribution in [0.15, 0.2) is 42.5 Å². The molecular weight excluding hydrogens is 324 g/mol. The van der Waals surface area contributed by atoms with E-state index in [0.717, 1.165) is 6.54 Å². The molecule has 0 aromatic heterocycles. The highest BCUT2D eigenvalue weighted by Crippen LogP contribution is 2.30. The monoisotopic (exact) mass is 339 g/mol. The minimum Gasteiger partial charge on any atom is -0.480 e. The van der Waals surface area contributed by atoms with Gasteiger partial charge in [-0.15, -0.1) is 0 Å². The Balaban J connectivity index is 1.91. The smallest absolute Gasteiger partial charge is 0.166 e. The summed E-state index contributed by atoms with van der Waals surface area (Å²) in [5.74, 6) is -0.892. The topological polar surface area (TPSA) is 30.5 Å². The van der Waals surface area contributed by atoms with Crippen molar-refractivity contribution in [3.8, 4) is 5.75 Å². The molecule has 1 aliphatic heterocycles. The largest absolute Gasteiger partial charge is 0.480 e. The van der Waals surface area contributed by atoms with Crippen molar-refractivity contribution in [2.75, 3.05) is 19.7 Å². The highest BCUT2D eigenvalue weighted by molar-refractivity contribution is 6.30. The van der Waals surface area contributed by atoms with Gasteiger partial charge in [0.1, 0.15) is 11.9 Å². The molecule has 23 heavy (non-hydrogen) atoms.